The number of pyridine rings is 1. The Morgan fingerprint density at radius 1 is 0.969 bits per heavy atom. The van der Waals surface area contributed by atoms with Crippen LogP contribution in [0.2, 0.25) is 0 Å². The number of aryl methyl sites for hydroxylation is 2. The molecule has 32 heavy (non-hydrogen) atoms. The zero-order valence-corrected chi connectivity index (χ0v) is 19.2. The smallest absolute Gasteiger partial charge is 0.126 e. The number of hydrogen-bond acceptors (Lipinski definition) is 5. The molecule has 0 spiro atoms. The van der Waals surface area contributed by atoms with Gasteiger partial charge in [-0.2, -0.15) is 0 Å². The number of anilines is 1. The molecule has 0 amide bonds. The van der Waals surface area contributed by atoms with Crippen LogP contribution >= 0.6 is 11.8 Å². The molecule has 0 saturated heterocycles. The summed E-state index contributed by atoms with van der Waals surface area (Å²) in [5.41, 5.74) is 6.66. The van der Waals surface area contributed by atoms with Gasteiger partial charge in [-0.05, 0) is 73.9 Å². The van der Waals surface area contributed by atoms with Crippen molar-refractivity contribution in [2.24, 2.45) is 4.99 Å². The first kappa shape index (κ1) is 20.6. The topological polar surface area (TPSA) is 46.5 Å². The average Bonchev–Trinajstić information content (AvgIpc) is 2.78. The molecule has 1 aliphatic rings. The van der Waals surface area contributed by atoms with Crippen LogP contribution in [-0.2, 0) is 6.42 Å². The fourth-order valence-corrected chi connectivity index (χ4v) is 4.98. The molecule has 4 aromatic rings. The molecule has 1 unspecified atom stereocenters. The standard InChI is InChI=1S/C27H25N3OS/c1-17-6-4-8-21(13-17)28-26-24(15-19-7-5-9-22(14-19)31-3)29-25-16-20-12-18(2)10-11-23(20)30-27(25)32-26/h4-14,16,24,29H,15H2,1-3H3. The van der Waals surface area contributed by atoms with E-state index in [9.17, 15) is 0 Å². The SMILES string of the molecule is COc1cccc(CC2Nc3cc4cc(C)ccc4nc3SC2=Nc2cccc(C)c2)c1. The summed E-state index contributed by atoms with van der Waals surface area (Å²) in [6.45, 7) is 4.20. The Morgan fingerprint density at radius 2 is 1.81 bits per heavy atom. The minimum absolute atomic E-state index is 0.0455. The van der Waals surface area contributed by atoms with Gasteiger partial charge in [0.25, 0.3) is 0 Å². The van der Waals surface area contributed by atoms with Gasteiger partial charge in [0, 0.05) is 5.39 Å². The highest BCUT2D eigenvalue weighted by atomic mass is 32.2. The van der Waals surface area contributed by atoms with Gasteiger partial charge in [-0.15, -0.1) is 0 Å². The van der Waals surface area contributed by atoms with E-state index in [-0.39, 0.29) is 6.04 Å². The molecule has 1 aliphatic heterocycles. The van der Waals surface area contributed by atoms with Gasteiger partial charge in [-0.1, -0.05) is 47.7 Å². The number of nitrogens with zero attached hydrogens (tertiary/aromatic N) is 2. The van der Waals surface area contributed by atoms with Crippen molar-refractivity contribution in [1.82, 2.24) is 4.98 Å². The van der Waals surface area contributed by atoms with Crippen LogP contribution in [0.3, 0.4) is 0 Å². The second-order valence-corrected chi connectivity index (χ2v) is 9.19. The van der Waals surface area contributed by atoms with Crippen LogP contribution in [0.4, 0.5) is 11.4 Å². The summed E-state index contributed by atoms with van der Waals surface area (Å²) in [5.74, 6) is 0.867. The van der Waals surface area contributed by atoms with E-state index < -0.39 is 0 Å². The molecule has 0 aliphatic carbocycles. The van der Waals surface area contributed by atoms with Crippen molar-refractivity contribution in [3.05, 3.63) is 89.5 Å². The van der Waals surface area contributed by atoms with Gasteiger partial charge in [0.2, 0.25) is 0 Å². The highest BCUT2D eigenvalue weighted by Crippen LogP contribution is 2.38. The van der Waals surface area contributed by atoms with Gasteiger partial charge in [-0.25, -0.2) is 9.98 Å². The first-order chi connectivity index (χ1) is 15.6. The molecule has 5 heteroatoms. The van der Waals surface area contributed by atoms with E-state index in [2.05, 4.69) is 79.8 Å². The molecule has 0 bridgehead atoms. The highest BCUT2D eigenvalue weighted by molar-refractivity contribution is 8.14. The Hall–Kier alpha value is -3.31. The largest absolute Gasteiger partial charge is 0.497 e. The minimum atomic E-state index is 0.0455. The Morgan fingerprint density at radius 3 is 2.66 bits per heavy atom. The summed E-state index contributed by atoms with van der Waals surface area (Å²) in [6, 6.07) is 25.2. The predicted octanol–water partition coefficient (Wildman–Crippen LogP) is 6.72. The number of aliphatic imine (C=N–C) groups is 1. The number of nitrogens with one attached hydrogen (secondary N) is 1. The summed E-state index contributed by atoms with van der Waals surface area (Å²) in [4.78, 5) is 9.97. The van der Waals surface area contributed by atoms with E-state index in [1.807, 2.05) is 12.1 Å². The van der Waals surface area contributed by atoms with Gasteiger partial charge in [0.15, 0.2) is 0 Å². The number of methoxy groups -OCH3 is 1. The Labute approximate surface area is 192 Å². The number of benzene rings is 3. The molecule has 0 radical (unpaired) electrons. The first-order valence-corrected chi connectivity index (χ1v) is 11.5. The molecular weight excluding hydrogens is 414 g/mol. The third-order valence-corrected chi connectivity index (χ3v) is 6.67. The van der Waals surface area contributed by atoms with Crippen molar-refractivity contribution >= 4 is 39.1 Å². The summed E-state index contributed by atoms with van der Waals surface area (Å²) in [5, 5.41) is 6.86. The summed E-state index contributed by atoms with van der Waals surface area (Å²) in [7, 11) is 1.70. The fraction of sp³-hybridized carbons (Fsp3) is 0.185. The van der Waals surface area contributed by atoms with Crippen LogP contribution in [0.1, 0.15) is 16.7 Å². The van der Waals surface area contributed by atoms with Gasteiger partial charge in [0.1, 0.15) is 15.8 Å². The molecular formula is C27H25N3OS. The van der Waals surface area contributed by atoms with Crippen LogP contribution in [0.5, 0.6) is 5.75 Å². The normalized spacial score (nSPS) is 16.6. The van der Waals surface area contributed by atoms with Gasteiger partial charge < -0.3 is 10.1 Å². The zero-order valence-electron chi connectivity index (χ0n) is 18.4. The number of aromatic nitrogens is 1. The van der Waals surface area contributed by atoms with Crippen LogP contribution in [0, 0.1) is 13.8 Å². The molecule has 0 fully saturated rings. The third kappa shape index (κ3) is 4.34. The second kappa shape index (κ2) is 8.67. The van der Waals surface area contributed by atoms with Crippen molar-refractivity contribution in [2.45, 2.75) is 31.3 Å². The quantitative estimate of drug-likeness (QED) is 0.383. The second-order valence-electron chi connectivity index (χ2n) is 8.18. The van der Waals surface area contributed by atoms with Gasteiger partial charge >= 0.3 is 0 Å². The number of rotatable bonds is 4. The lowest BCUT2D eigenvalue weighted by atomic mass is 10.1. The fourth-order valence-electron chi connectivity index (χ4n) is 3.98. The molecule has 1 N–H and O–H groups in total. The summed E-state index contributed by atoms with van der Waals surface area (Å²) >= 11 is 1.66. The van der Waals surface area contributed by atoms with Crippen LogP contribution in [0.25, 0.3) is 10.9 Å². The molecule has 1 atom stereocenters. The lowest BCUT2D eigenvalue weighted by Gasteiger charge is -2.28. The minimum Gasteiger partial charge on any atom is -0.497 e. The summed E-state index contributed by atoms with van der Waals surface area (Å²) < 4.78 is 5.43. The van der Waals surface area contributed by atoms with Crippen LogP contribution in [0.15, 0.2) is 82.8 Å². The maximum absolute atomic E-state index is 5.43. The van der Waals surface area contributed by atoms with E-state index in [0.717, 1.165) is 44.5 Å². The zero-order chi connectivity index (χ0) is 22.1. The lowest BCUT2D eigenvalue weighted by Crippen LogP contribution is -2.33. The molecule has 2 heterocycles. The Bertz CT molecular complexity index is 1330. The van der Waals surface area contributed by atoms with E-state index in [0.29, 0.717) is 0 Å². The molecule has 0 saturated carbocycles. The third-order valence-electron chi connectivity index (χ3n) is 5.58. The van der Waals surface area contributed by atoms with Crippen LogP contribution < -0.4 is 10.1 Å². The van der Waals surface area contributed by atoms with Crippen molar-refractivity contribution < 1.29 is 4.74 Å². The Balaban J connectivity index is 1.56. The summed E-state index contributed by atoms with van der Waals surface area (Å²) in [6.07, 6.45) is 0.806. The Kier molecular flexibility index (Phi) is 5.58. The number of fused-ring (bicyclic) bond motifs is 2. The monoisotopic (exact) mass is 439 g/mol. The van der Waals surface area contributed by atoms with Crippen molar-refractivity contribution in [2.75, 3.05) is 12.4 Å². The predicted molar refractivity (Wildman–Crippen MR) is 135 cm³/mol. The first-order valence-electron chi connectivity index (χ1n) is 10.7. The van der Waals surface area contributed by atoms with Gasteiger partial charge in [-0.3, -0.25) is 0 Å². The van der Waals surface area contributed by atoms with Crippen molar-refractivity contribution in [1.29, 1.82) is 0 Å². The molecule has 4 nitrogen and oxygen atoms in total. The average molecular weight is 440 g/mol. The molecule has 5 rings (SSSR count). The molecule has 1 aromatic heterocycles. The van der Waals surface area contributed by atoms with Crippen LogP contribution in [-0.4, -0.2) is 23.2 Å². The maximum Gasteiger partial charge on any atom is 0.126 e. The van der Waals surface area contributed by atoms with E-state index in [1.54, 1.807) is 18.9 Å². The lowest BCUT2D eigenvalue weighted by molar-refractivity contribution is 0.414. The number of hydrogen-bond donors (Lipinski definition) is 1. The molecule has 160 valence electrons. The molecule has 3 aromatic carbocycles. The van der Waals surface area contributed by atoms with E-state index in [1.165, 1.54) is 16.7 Å². The van der Waals surface area contributed by atoms with E-state index >= 15 is 0 Å². The van der Waals surface area contributed by atoms with E-state index in [4.69, 9.17) is 14.7 Å². The number of thioether (sulfide) groups is 1. The van der Waals surface area contributed by atoms with Crippen molar-refractivity contribution in [3.63, 3.8) is 0 Å². The number of ether oxygens (including phenoxy) is 1. The van der Waals surface area contributed by atoms with Gasteiger partial charge in [0.05, 0.1) is 30.0 Å². The maximum atomic E-state index is 5.43. The van der Waals surface area contributed by atoms with Crippen molar-refractivity contribution in [3.8, 4) is 5.75 Å². The highest BCUT2D eigenvalue weighted by Gasteiger charge is 2.27.